The lowest BCUT2D eigenvalue weighted by atomic mass is 10.0. The first-order valence-corrected chi connectivity index (χ1v) is 8.24. The topological polar surface area (TPSA) is 37.4 Å². The Morgan fingerprint density at radius 2 is 1.46 bits per heavy atom. The SMILES string of the molecule is CCN(CC)/C(=C\C(=O)c1cccc(C(C)=O)c1)c1ccccc1. The summed E-state index contributed by atoms with van der Waals surface area (Å²) in [5.41, 5.74) is 3.00. The van der Waals surface area contributed by atoms with E-state index in [-0.39, 0.29) is 11.6 Å². The molecule has 0 aliphatic carbocycles. The molecule has 3 heteroatoms. The highest BCUT2D eigenvalue weighted by atomic mass is 16.1. The zero-order valence-corrected chi connectivity index (χ0v) is 14.5. The normalized spacial score (nSPS) is 11.2. The zero-order chi connectivity index (χ0) is 17.5. The molecule has 0 heterocycles. The maximum absolute atomic E-state index is 12.7. The van der Waals surface area contributed by atoms with Gasteiger partial charge in [-0.3, -0.25) is 9.59 Å². The highest BCUT2D eigenvalue weighted by molar-refractivity contribution is 6.09. The van der Waals surface area contributed by atoms with Crippen LogP contribution in [-0.4, -0.2) is 29.6 Å². The van der Waals surface area contributed by atoms with Crippen molar-refractivity contribution in [3.05, 3.63) is 77.4 Å². The van der Waals surface area contributed by atoms with Crippen LogP contribution in [0.3, 0.4) is 0 Å². The minimum atomic E-state index is -0.0937. The highest BCUT2D eigenvalue weighted by Gasteiger charge is 2.13. The molecular formula is C21H23NO2. The molecule has 2 aromatic rings. The van der Waals surface area contributed by atoms with E-state index < -0.39 is 0 Å². The molecule has 0 bridgehead atoms. The van der Waals surface area contributed by atoms with Gasteiger partial charge in [0.25, 0.3) is 0 Å². The Bertz CT molecular complexity index is 743. The number of hydrogen-bond acceptors (Lipinski definition) is 3. The lowest BCUT2D eigenvalue weighted by molar-refractivity contribution is 0.101. The molecule has 0 radical (unpaired) electrons. The molecule has 0 N–H and O–H groups in total. The Balaban J connectivity index is 2.44. The molecule has 0 spiro atoms. The first-order valence-electron chi connectivity index (χ1n) is 8.24. The third kappa shape index (κ3) is 4.19. The predicted molar refractivity (Wildman–Crippen MR) is 98.1 cm³/mol. The Hall–Kier alpha value is -2.68. The van der Waals surface area contributed by atoms with E-state index in [2.05, 4.69) is 18.7 Å². The van der Waals surface area contributed by atoms with Gasteiger partial charge in [0.05, 0.1) is 0 Å². The second-order valence-corrected chi connectivity index (χ2v) is 5.57. The number of allylic oxidation sites excluding steroid dienone is 1. The summed E-state index contributed by atoms with van der Waals surface area (Å²) >= 11 is 0. The smallest absolute Gasteiger partial charge is 0.187 e. The Labute approximate surface area is 143 Å². The molecule has 3 nitrogen and oxygen atoms in total. The van der Waals surface area contributed by atoms with Crippen molar-refractivity contribution in [3.63, 3.8) is 0 Å². The summed E-state index contributed by atoms with van der Waals surface area (Å²) in [4.78, 5) is 26.4. The molecule has 0 atom stereocenters. The van der Waals surface area contributed by atoms with Crippen molar-refractivity contribution in [1.29, 1.82) is 0 Å². The van der Waals surface area contributed by atoms with Crippen LogP contribution in [0.4, 0.5) is 0 Å². The molecule has 0 fully saturated rings. The molecule has 0 amide bonds. The first kappa shape index (κ1) is 17.7. The summed E-state index contributed by atoms with van der Waals surface area (Å²) in [7, 11) is 0. The summed E-state index contributed by atoms with van der Waals surface area (Å²) in [5, 5.41) is 0. The van der Waals surface area contributed by atoms with Gasteiger partial charge in [0.15, 0.2) is 11.6 Å². The van der Waals surface area contributed by atoms with E-state index in [1.165, 1.54) is 6.92 Å². The number of Topliss-reactive ketones (excluding diaryl/α,β-unsaturated/α-hetero) is 1. The maximum atomic E-state index is 12.7. The molecule has 0 unspecified atom stereocenters. The maximum Gasteiger partial charge on any atom is 0.187 e. The van der Waals surface area contributed by atoms with Crippen molar-refractivity contribution in [1.82, 2.24) is 4.90 Å². The van der Waals surface area contributed by atoms with E-state index in [4.69, 9.17) is 0 Å². The summed E-state index contributed by atoms with van der Waals surface area (Å²) in [6, 6.07) is 16.8. The number of carbonyl (C=O) groups is 2. The number of rotatable bonds is 7. The van der Waals surface area contributed by atoms with Crippen LogP contribution < -0.4 is 0 Å². The molecule has 2 aromatic carbocycles. The zero-order valence-electron chi connectivity index (χ0n) is 14.5. The number of benzene rings is 2. The Kier molecular flexibility index (Phi) is 6.07. The van der Waals surface area contributed by atoms with Crippen LogP contribution in [0.1, 0.15) is 47.1 Å². The standard InChI is InChI=1S/C21H23NO2/c1-4-22(5-2)20(17-10-7-6-8-11-17)15-21(24)19-13-9-12-18(14-19)16(3)23/h6-15H,4-5H2,1-3H3/b20-15-. The summed E-state index contributed by atoms with van der Waals surface area (Å²) in [6.45, 7) is 7.28. The van der Waals surface area contributed by atoms with Gasteiger partial charge in [0, 0.05) is 36.0 Å². The Morgan fingerprint density at radius 3 is 2.04 bits per heavy atom. The molecule has 0 aromatic heterocycles. The quantitative estimate of drug-likeness (QED) is 0.558. The van der Waals surface area contributed by atoms with Gasteiger partial charge < -0.3 is 4.90 Å². The first-order chi connectivity index (χ1) is 11.6. The van der Waals surface area contributed by atoms with E-state index in [0.717, 1.165) is 24.4 Å². The van der Waals surface area contributed by atoms with Gasteiger partial charge >= 0.3 is 0 Å². The van der Waals surface area contributed by atoms with Gasteiger partial charge in [-0.15, -0.1) is 0 Å². The van der Waals surface area contributed by atoms with Crippen LogP contribution in [0.25, 0.3) is 5.70 Å². The fourth-order valence-electron chi connectivity index (χ4n) is 2.63. The second-order valence-electron chi connectivity index (χ2n) is 5.57. The minimum absolute atomic E-state index is 0.0411. The van der Waals surface area contributed by atoms with Crippen molar-refractivity contribution in [2.24, 2.45) is 0 Å². The fraction of sp³-hybridized carbons (Fsp3) is 0.238. The average Bonchev–Trinajstić information content (AvgIpc) is 2.62. The second kappa shape index (κ2) is 8.25. The molecule has 0 aliphatic rings. The minimum Gasteiger partial charge on any atom is -0.371 e. The fourth-order valence-corrected chi connectivity index (χ4v) is 2.63. The molecule has 24 heavy (non-hydrogen) atoms. The lowest BCUT2D eigenvalue weighted by Crippen LogP contribution is -2.22. The third-order valence-electron chi connectivity index (χ3n) is 4.00. The van der Waals surface area contributed by atoms with Gasteiger partial charge in [-0.1, -0.05) is 48.5 Å². The van der Waals surface area contributed by atoms with Gasteiger partial charge in [0.2, 0.25) is 0 Å². The van der Waals surface area contributed by atoms with Gasteiger partial charge in [-0.2, -0.15) is 0 Å². The third-order valence-corrected chi connectivity index (χ3v) is 4.00. The largest absolute Gasteiger partial charge is 0.371 e. The van der Waals surface area contributed by atoms with Crippen LogP contribution >= 0.6 is 0 Å². The van der Waals surface area contributed by atoms with Crippen molar-refractivity contribution in [2.75, 3.05) is 13.1 Å². The summed E-state index contributed by atoms with van der Waals surface area (Å²) in [6.07, 6.45) is 1.67. The van der Waals surface area contributed by atoms with Gasteiger partial charge in [-0.05, 0) is 32.4 Å². The van der Waals surface area contributed by atoms with E-state index in [0.29, 0.717) is 11.1 Å². The highest BCUT2D eigenvalue weighted by Crippen LogP contribution is 2.20. The van der Waals surface area contributed by atoms with Crippen LogP contribution in [0.2, 0.25) is 0 Å². The van der Waals surface area contributed by atoms with Crippen LogP contribution in [-0.2, 0) is 0 Å². The van der Waals surface area contributed by atoms with E-state index >= 15 is 0 Å². The van der Waals surface area contributed by atoms with Gasteiger partial charge in [-0.25, -0.2) is 0 Å². The number of nitrogens with zero attached hydrogens (tertiary/aromatic N) is 1. The average molecular weight is 321 g/mol. The Morgan fingerprint density at radius 1 is 0.875 bits per heavy atom. The number of ketones is 2. The van der Waals surface area contributed by atoms with Crippen LogP contribution in [0, 0.1) is 0 Å². The van der Waals surface area contributed by atoms with E-state index in [9.17, 15) is 9.59 Å². The lowest BCUT2D eigenvalue weighted by Gasteiger charge is -2.24. The number of hydrogen-bond donors (Lipinski definition) is 0. The molecule has 2 rings (SSSR count). The van der Waals surface area contributed by atoms with Crippen LogP contribution in [0.5, 0.6) is 0 Å². The molecule has 0 saturated carbocycles. The van der Waals surface area contributed by atoms with E-state index in [1.54, 1.807) is 30.3 Å². The molecule has 0 saturated heterocycles. The van der Waals surface area contributed by atoms with E-state index in [1.807, 2.05) is 30.3 Å². The van der Waals surface area contributed by atoms with Gasteiger partial charge in [0.1, 0.15) is 0 Å². The van der Waals surface area contributed by atoms with Crippen LogP contribution in [0.15, 0.2) is 60.7 Å². The number of carbonyl (C=O) groups excluding carboxylic acids is 2. The molecule has 0 aliphatic heterocycles. The van der Waals surface area contributed by atoms with Crippen molar-refractivity contribution < 1.29 is 9.59 Å². The predicted octanol–water partition coefficient (Wildman–Crippen LogP) is 4.45. The van der Waals surface area contributed by atoms with Crippen molar-refractivity contribution in [3.8, 4) is 0 Å². The summed E-state index contributed by atoms with van der Waals surface area (Å²) in [5.74, 6) is -0.135. The van der Waals surface area contributed by atoms with Crippen molar-refractivity contribution >= 4 is 17.3 Å². The monoisotopic (exact) mass is 321 g/mol. The summed E-state index contributed by atoms with van der Waals surface area (Å²) < 4.78 is 0. The van der Waals surface area contributed by atoms with Crippen molar-refractivity contribution in [2.45, 2.75) is 20.8 Å². The molecular weight excluding hydrogens is 298 g/mol. The molecule has 124 valence electrons.